The van der Waals surface area contributed by atoms with E-state index in [0.29, 0.717) is 5.69 Å². The molecule has 0 aliphatic rings. The summed E-state index contributed by atoms with van der Waals surface area (Å²) >= 11 is 0. The number of nitrogens with two attached hydrogens (primary N) is 1. The van der Waals surface area contributed by atoms with Crippen molar-refractivity contribution in [2.75, 3.05) is 11.9 Å². The highest BCUT2D eigenvalue weighted by Crippen LogP contribution is 2.14. The Kier molecular flexibility index (Phi) is 4.68. The summed E-state index contributed by atoms with van der Waals surface area (Å²) in [6.45, 7) is 3.74. The summed E-state index contributed by atoms with van der Waals surface area (Å²) in [6, 6.07) is 4.28. The van der Waals surface area contributed by atoms with E-state index >= 15 is 0 Å². The lowest BCUT2D eigenvalue weighted by atomic mass is 10.1. The van der Waals surface area contributed by atoms with E-state index in [2.05, 4.69) is 17.2 Å². The Labute approximate surface area is 100 Å². The molecule has 0 fully saturated rings. The number of anilines is 1. The molecule has 4 heteroatoms. The lowest BCUT2D eigenvalue weighted by molar-refractivity contribution is -0.118. The van der Waals surface area contributed by atoms with Crippen molar-refractivity contribution in [3.8, 4) is 11.8 Å². The normalized spacial score (nSPS) is 9.71. The molecule has 1 aromatic carbocycles. The van der Waals surface area contributed by atoms with Gasteiger partial charge in [-0.1, -0.05) is 25.7 Å². The standard InChI is InChI=1S/C13H15FN2O/c1-9(2)13(17)16-11-5-6-12(14)10(8-11)4-3-7-15/h5-6,8-9H,7,15H2,1-2H3,(H,16,17). The molecule has 3 nitrogen and oxygen atoms in total. The summed E-state index contributed by atoms with van der Waals surface area (Å²) in [4.78, 5) is 11.5. The molecule has 0 heterocycles. The predicted molar refractivity (Wildman–Crippen MR) is 65.8 cm³/mol. The lowest BCUT2D eigenvalue weighted by Gasteiger charge is -2.08. The van der Waals surface area contributed by atoms with Crippen LogP contribution >= 0.6 is 0 Å². The molecule has 0 saturated carbocycles. The van der Waals surface area contributed by atoms with Crippen molar-refractivity contribution in [1.82, 2.24) is 0 Å². The average molecular weight is 234 g/mol. The predicted octanol–water partition coefficient (Wildman–Crippen LogP) is 1.73. The quantitative estimate of drug-likeness (QED) is 0.766. The van der Waals surface area contributed by atoms with Crippen LogP contribution in [0.1, 0.15) is 19.4 Å². The summed E-state index contributed by atoms with van der Waals surface area (Å²) in [6.07, 6.45) is 0. The number of rotatable bonds is 2. The Morgan fingerprint density at radius 1 is 1.53 bits per heavy atom. The molecule has 0 aliphatic heterocycles. The maximum absolute atomic E-state index is 13.3. The molecule has 17 heavy (non-hydrogen) atoms. The molecule has 1 amide bonds. The minimum Gasteiger partial charge on any atom is -0.326 e. The van der Waals surface area contributed by atoms with Crippen LogP contribution in [-0.2, 0) is 4.79 Å². The average Bonchev–Trinajstić information content (AvgIpc) is 2.29. The van der Waals surface area contributed by atoms with Crippen LogP contribution in [0.4, 0.5) is 10.1 Å². The monoisotopic (exact) mass is 234 g/mol. The van der Waals surface area contributed by atoms with Crippen molar-refractivity contribution in [2.45, 2.75) is 13.8 Å². The molecular weight excluding hydrogens is 219 g/mol. The van der Waals surface area contributed by atoms with Gasteiger partial charge in [0.1, 0.15) is 5.82 Å². The van der Waals surface area contributed by atoms with Gasteiger partial charge in [-0.25, -0.2) is 4.39 Å². The van der Waals surface area contributed by atoms with Crippen LogP contribution in [0.25, 0.3) is 0 Å². The number of hydrogen-bond acceptors (Lipinski definition) is 2. The first kappa shape index (κ1) is 13.2. The molecule has 0 bridgehead atoms. The Hall–Kier alpha value is -1.86. The summed E-state index contributed by atoms with van der Waals surface area (Å²) in [5, 5.41) is 2.68. The fourth-order valence-corrected chi connectivity index (χ4v) is 1.13. The van der Waals surface area contributed by atoms with Gasteiger partial charge in [-0.05, 0) is 18.2 Å². The summed E-state index contributed by atoms with van der Waals surface area (Å²) in [5.74, 6) is 4.52. The van der Waals surface area contributed by atoms with E-state index in [9.17, 15) is 9.18 Å². The number of nitrogens with one attached hydrogen (secondary N) is 1. The highest BCUT2D eigenvalue weighted by atomic mass is 19.1. The molecule has 0 spiro atoms. The zero-order valence-electron chi connectivity index (χ0n) is 9.88. The maximum atomic E-state index is 13.3. The van der Waals surface area contributed by atoms with Gasteiger partial charge in [0, 0.05) is 11.6 Å². The van der Waals surface area contributed by atoms with Gasteiger partial charge in [-0.2, -0.15) is 0 Å². The number of carbonyl (C=O) groups excluding carboxylic acids is 1. The molecule has 1 rings (SSSR count). The highest BCUT2D eigenvalue weighted by Gasteiger charge is 2.08. The molecule has 0 aliphatic carbocycles. The summed E-state index contributed by atoms with van der Waals surface area (Å²) in [7, 11) is 0. The molecule has 90 valence electrons. The number of carbonyl (C=O) groups is 1. The van der Waals surface area contributed by atoms with Gasteiger partial charge in [-0.3, -0.25) is 4.79 Å². The number of amides is 1. The molecule has 1 aromatic rings. The van der Waals surface area contributed by atoms with Crippen molar-refractivity contribution < 1.29 is 9.18 Å². The fourth-order valence-electron chi connectivity index (χ4n) is 1.13. The Bertz CT molecular complexity index is 472. The third-order valence-corrected chi connectivity index (χ3v) is 2.08. The van der Waals surface area contributed by atoms with Crippen LogP contribution in [0.15, 0.2) is 18.2 Å². The second kappa shape index (κ2) is 6.02. The molecule has 0 atom stereocenters. The van der Waals surface area contributed by atoms with Crippen molar-refractivity contribution in [2.24, 2.45) is 11.7 Å². The maximum Gasteiger partial charge on any atom is 0.226 e. The van der Waals surface area contributed by atoms with Gasteiger partial charge >= 0.3 is 0 Å². The minimum absolute atomic E-state index is 0.116. The van der Waals surface area contributed by atoms with Gasteiger partial charge in [0.15, 0.2) is 0 Å². The van der Waals surface area contributed by atoms with Crippen molar-refractivity contribution in [3.63, 3.8) is 0 Å². The molecule has 0 aromatic heterocycles. The lowest BCUT2D eigenvalue weighted by Crippen LogP contribution is -2.17. The van der Waals surface area contributed by atoms with Crippen LogP contribution in [0, 0.1) is 23.6 Å². The molecule has 0 saturated heterocycles. The molecule has 0 radical (unpaired) electrons. The fraction of sp³-hybridized carbons (Fsp3) is 0.308. The topological polar surface area (TPSA) is 55.1 Å². The molecule has 0 unspecified atom stereocenters. The first-order valence-electron chi connectivity index (χ1n) is 5.34. The van der Waals surface area contributed by atoms with Crippen molar-refractivity contribution in [1.29, 1.82) is 0 Å². The van der Waals surface area contributed by atoms with Gasteiger partial charge in [0.25, 0.3) is 0 Å². The molecule has 3 N–H and O–H groups in total. The van der Waals surface area contributed by atoms with Crippen molar-refractivity contribution in [3.05, 3.63) is 29.6 Å². The van der Waals surface area contributed by atoms with Gasteiger partial charge in [0.2, 0.25) is 5.91 Å². The van der Waals surface area contributed by atoms with E-state index < -0.39 is 5.82 Å². The van der Waals surface area contributed by atoms with Crippen LogP contribution in [-0.4, -0.2) is 12.5 Å². The van der Waals surface area contributed by atoms with Crippen LogP contribution in [0.3, 0.4) is 0 Å². The van der Waals surface area contributed by atoms with Crippen LogP contribution in [0.5, 0.6) is 0 Å². The van der Waals surface area contributed by atoms with Crippen molar-refractivity contribution >= 4 is 11.6 Å². The smallest absolute Gasteiger partial charge is 0.226 e. The van der Waals surface area contributed by atoms with Gasteiger partial charge in [-0.15, -0.1) is 0 Å². The van der Waals surface area contributed by atoms with Gasteiger partial charge < -0.3 is 11.1 Å². The van der Waals surface area contributed by atoms with E-state index in [1.807, 2.05) is 0 Å². The first-order valence-corrected chi connectivity index (χ1v) is 5.34. The first-order chi connectivity index (χ1) is 8.04. The van der Waals surface area contributed by atoms with Crippen LogP contribution < -0.4 is 11.1 Å². The summed E-state index contributed by atoms with van der Waals surface area (Å²) in [5.41, 5.74) is 5.99. The van der Waals surface area contributed by atoms with E-state index in [1.54, 1.807) is 13.8 Å². The Morgan fingerprint density at radius 2 is 2.24 bits per heavy atom. The van der Waals surface area contributed by atoms with Gasteiger partial charge in [0.05, 0.1) is 12.1 Å². The van der Waals surface area contributed by atoms with Crippen LogP contribution in [0.2, 0.25) is 0 Å². The zero-order valence-corrected chi connectivity index (χ0v) is 9.88. The highest BCUT2D eigenvalue weighted by molar-refractivity contribution is 5.92. The SMILES string of the molecule is CC(C)C(=O)Nc1ccc(F)c(C#CCN)c1. The van der Waals surface area contributed by atoms with E-state index in [-0.39, 0.29) is 23.9 Å². The van der Waals surface area contributed by atoms with E-state index in [0.717, 1.165) is 0 Å². The second-order valence-corrected chi connectivity index (χ2v) is 3.84. The minimum atomic E-state index is -0.423. The van der Waals surface area contributed by atoms with E-state index in [1.165, 1.54) is 18.2 Å². The number of halogens is 1. The third-order valence-electron chi connectivity index (χ3n) is 2.08. The summed E-state index contributed by atoms with van der Waals surface area (Å²) < 4.78 is 13.3. The number of hydrogen-bond donors (Lipinski definition) is 2. The zero-order chi connectivity index (χ0) is 12.8. The number of benzene rings is 1. The largest absolute Gasteiger partial charge is 0.326 e. The van der Waals surface area contributed by atoms with E-state index in [4.69, 9.17) is 5.73 Å². The molecular formula is C13H15FN2O. The Morgan fingerprint density at radius 3 is 2.82 bits per heavy atom. The Balaban J connectivity index is 2.92. The third kappa shape index (κ3) is 3.89. The second-order valence-electron chi connectivity index (χ2n) is 3.84.